The van der Waals surface area contributed by atoms with Crippen LogP contribution in [0.3, 0.4) is 0 Å². The second kappa shape index (κ2) is 2.25. The zero-order valence-corrected chi connectivity index (χ0v) is 8.19. The molecule has 3 nitrogen and oxygen atoms in total. The van der Waals surface area contributed by atoms with Crippen LogP contribution in [0.15, 0.2) is 24.3 Å². The number of rotatable bonds is 0. The summed E-state index contributed by atoms with van der Waals surface area (Å²) in [6, 6.07) is 7.98. The Morgan fingerprint density at radius 3 is 3.13 bits per heavy atom. The van der Waals surface area contributed by atoms with Crippen molar-refractivity contribution in [1.29, 1.82) is 0 Å². The fourth-order valence-corrected chi connectivity index (χ4v) is 3.37. The van der Waals surface area contributed by atoms with E-state index in [2.05, 4.69) is 11.4 Å². The predicted molar refractivity (Wildman–Crippen MR) is 54.3 cm³/mol. The quantitative estimate of drug-likeness (QED) is 0.690. The lowest BCUT2D eigenvalue weighted by Gasteiger charge is -2.47. The largest absolute Gasteiger partial charge is 0.369 e. The first-order chi connectivity index (χ1) is 7.31. The molecule has 4 aliphatic rings. The molecule has 1 N–H and O–H groups in total. The topological polar surface area (TPSA) is 38.3 Å². The molecule has 1 aromatic carbocycles. The van der Waals surface area contributed by atoms with Gasteiger partial charge in [-0.1, -0.05) is 18.2 Å². The van der Waals surface area contributed by atoms with Gasteiger partial charge in [-0.15, -0.1) is 0 Å². The summed E-state index contributed by atoms with van der Waals surface area (Å²) in [5.41, 5.74) is 1.83. The highest BCUT2D eigenvalue weighted by atomic mass is 16.5. The number of nitrogens with one attached hydrogen (secondary N) is 1. The molecule has 3 aliphatic heterocycles. The molecule has 3 fully saturated rings. The Bertz CT molecular complexity index is 466. The van der Waals surface area contributed by atoms with E-state index in [9.17, 15) is 4.79 Å². The van der Waals surface area contributed by atoms with E-state index in [4.69, 9.17) is 4.74 Å². The smallest absolute Gasteiger partial charge is 0.231 e. The monoisotopic (exact) mass is 201 g/mol. The van der Waals surface area contributed by atoms with Gasteiger partial charge in [0.2, 0.25) is 5.91 Å². The average molecular weight is 201 g/mol. The van der Waals surface area contributed by atoms with Crippen LogP contribution in [-0.2, 0) is 15.1 Å². The number of amides is 1. The molecule has 15 heavy (non-hydrogen) atoms. The summed E-state index contributed by atoms with van der Waals surface area (Å²) in [4.78, 5) is 11.9. The van der Waals surface area contributed by atoms with Gasteiger partial charge in [0.05, 0.1) is 12.5 Å². The van der Waals surface area contributed by atoms with Crippen LogP contribution in [0.1, 0.15) is 12.0 Å². The van der Waals surface area contributed by atoms with Crippen LogP contribution in [-0.4, -0.2) is 12.5 Å². The van der Waals surface area contributed by atoms with Crippen molar-refractivity contribution >= 4 is 11.6 Å². The van der Waals surface area contributed by atoms with Crippen LogP contribution in [0, 0.1) is 11.8 Å². The molecule has 2 saturated heterocycles. The van der Waals surface area contributed by atoms with Crippen LogP contribution < -0.4 is 5.32 Å². The summed E-state index contributed by atoms with van der Waals surface area (Å²) >= 11 is 0. The highest BCUT2D eigenvalue weighted by molar-refractivity contribution is 5.98. The van der Waals surface area contributed by atoms with Gasteiger partial charge in [-0.3, -0.25) is 4.79 Å². The number of para-hydroxylation sites is 1. The number of benzene rings is 1. The second-order valence-corrected chi connectivity index (χ2v) is 4.68. The third-order valence-corrected chi connectivity index (χ3v) is 4.02. The Morgan fingerprint density at radius 1 is 1.40 bits per heavy atom. The second-order valence-electron chi connectivity index (χ2n) is 4.68. The van der Waals surface area contributed by atoms with E-state index >= 15 is 0 Å². The van der Waals surface area contributed by atoms with Crippen molar-refractivity contribution in [3.05, 3.63) is 29.8 Å². The van der Waals surface area contributed by atoms with E-state index in [1.54, 1.807) is 0 Å². The van der Waals surface area contributed by atoms with Gasteiger partial charge < -0.3 is 10.1 Å². The lowest BCUT2D eigenvalue weighted by molar-refractivity contribution is -0.138. The Kier molecular flexibility index (Phi) is 1.18. The minimum absolute atomic E-state index is 0.0624. The molecule has 0 radical (unpaired) electrons. The van der Waals surface area contributed by atoms with Gasteiger partial charge in [0.1, 0.15) is 5.60 Å². The number of carbonyl (C=O) groups excluding carboxylic acids is 1. The lowest BCUT2D eigenvalue weighted by atomic mass is 9.59. The van der Waals surface area contributed by atoms with Crippen molar-refractivity contribution < 1.29 is 9.53 Å². The number of carbonyl (C=O) groups is 1. The Morgan fingerprint density at radius 2 is 2.27 bits per heavy atom. The van der Waals surface area contributed by atoms with Crippen molar-refractivity contribution in [3.63, 3.8) is 0 Å². The minimum Gasteiger partial charge on any atom is -0.369 e. The molecular weight excluding hydrogens is 190 g/mol. The molecule has 1 spiro atoms. The van der Waals surface area contributed by atoms with Gasteiger partial charge in [-0.25, -0.2) is 0 Å². The molecule has 1 aliphatic carbocycles. The fourth-order valence-electron chi connectivity index (χ4n) is 3.37. The zero-order valence-electron chi connectivity index (χ0n) is 8.19. The van der Waals surface area contributed by atoms with Crippen molar-refractivity contribution in [3.8, 4) is 0 Å². The van der Waals surface area contributed by atoms with E-state index in [1.807, 2.05) is 18.2 Å². The maximum atomic E-state index is 11.9. The normalized spacial score (nSPS) is 40.1. The van der Waals surface area contributed by atoms with Gasteiger partial charge in [0.25, 0.3) is 0 Å². The first-order valence-electron chi connectivity index (χ1n) is 5.36. The SMILES string of the molecule is O=C1Nc2ccccc2[C@]23C[C@@H](CO2)[C@@H]13. The summed E-state index contributed by atoms with van der Waals surface area (Å²) in [5.74, 6) is 0.646. The van der Waals surface area contributed by atoms with Crippen molar-refractivity contribution in [2.75, 3.05) is 11.9 Å². The lowest BCUT2D eigenvalue weighted by Crippen LogP contribution is -2.54. The van der Waals surface area contributed by atoms with Gasteiger partial charge >= 0.3 is 0 Å². The van der Waals surface area contributed by atoms with E-state index in [0.717, 1.165) is 18.7 Å². The van der Waals surface area contributed by atoms with Crippen molar-refractivity contribution in [2.24, 2.45) is 11.8 Å². The molecule has 3 heterocycles. The summed E-state index contributed by atoms with van der Waals surface area (Å²) in [7, 11) is 0. The van der Waals surface area contributed by atoms with Crippen LogP contribution in [0.4, 0.5) is 5.69 Å². The van der Waals surface area contributed by atoms with E-state index in [-0.39, 0.29) is 17.4 Å². The highest BCUT2D eigenvalue weighted by Gasteiger charge is 2.66. The number of anilines is 1. The van der Waals surface area contributed by atoms with E-state index in [0.29, 0.717) is 5.92 Å². The molecule has 0 aromatic heterocycles. The Balaban J connectivity index is 1.97. The molecule has 76 valence electrons. The average Bonchev–Trinajstić information content (AvgIpc) is 2.76. The predicted octanol–water partition coefficient (Wildman–Crippen LogP) is 1.50. The number of ether oxygens (including phenoxy) is 1. The fraction of sp³-hybridized carbons (Fsp3) is 0.417. The summed E-state index contributed by atoms with van der Waals surface area (Å²) in [6.45, 7) is 0.742. The number of hydrogen-bond acceptors (Lipinski definition) is 2. The molecule has 5 rings (SSSR count). The van der Waals surface area contributed by atoms with Gasteiger partial charge in [0, 0.05) is 17.2 Å². The third kappa shape index (κ3) is 0.720. The van der Waals surface area contributed by atoms with Crippen LogP contribution in [0.25, 0.3) is 0 Å². The maximum absolute atomic E-state index is 11.9. The zero-order chi connectivity index (χ0) is 10.0. The summed E-state index contributed by atoms with van der Waals surface area (Å²) in [5, 5.41) is 2.97. The van der Waals surface area contributed by atoms with Crippen molar-refractivity contribution in [2.45, 2.75) is 12.0 Å². The summed E-state index contributed by atoms with van der Waals surface area (Å²) < 4.78 is 5.85. The highest BCUT2D eigenvalue weighted by Crippen LogP contribution is 2.62. The molecular formula is C12H11NO2. The molecule has 2 bridgehead atoms. The Hall–Kier alpha value is -1.35. The number of fused-ring (bicyclic) bond motifs is 2. The molecule has 3 heteroatoms. The maximum Gasteiger partial charge on any atom is 0.231 e. The molecule has 3 atom stereocenters. The third-order valence-electron chi connectivity index (χ3n) is 4.02. The molecule has 1 amide bonds. The van der Waals surface area contributed by atoms with Gasteiger partial charge in [0.15, 0.2) is 0 Å². The Labute approximate surface area is 87.4 Å². The standard InChI is InChI=1S/C12H11NO2/c14-11-10-7-5-12(10,15-6-7)8-3-1-2-4-9(8)13-11/h1-4,7,10H,5-6H2,(H,13,14)/t7-,10-,12-/m0/s1. The van der Waals surface area contributed by atoms with Gasteiger partial charge in [-0.2, -0.15) is 0 Å². The molecule has 1 saturated carbocycles. The van der Waals surface area contributed by atoms with Crippen molar-refractivity contribution in [1.82, 2.24) is 0 Å². The molecule has 1 aromatic rings. The van der Waals surface area contributed by atoms with E-state index in [1.165, 1.54) is 5.56 Å². The number of hydrogen-bond donors (Lipinski definition) is 1. The summed E-state index contributed by atoms with van der Waals surface area (Å²) in [6.07, 6.45) is 1.02. The van der Waals surface area contributed by atoms with E-state index < -0.39 is 0 Å². The first-order valence-corrected chi connectivity index (χ1v) is 5.36. The van der Waals surface area contributed by atoms with Crippen LogP contribution in [0.5, 0.6) is 0 Å². The van der Waals surface area contributed by atoms with Gasteiger partial charge in [-0.05, 0) is 12.5 Å². The first kappa shape index (κ1) is 7.88. The molecule has 0 unspecified atom stereocenters. The van der Waals surface area contributed by atoms with Crippen LogP contribution >= 0.6 is 0 Å². The van der Waals surface area contributed by atoms with Crippen LogP contribution in [0.2, 0.25) is 0 Å². The minimum atomic E-state index is -0.274.